The van der Waals surface area contributed by atoms with E-state index in [1.807, 2.05) is 89.8 Å². The summed E-state index contributed by atoms with van der Waals surface area (Å²) in [7, 11) is 1.23. The number of methoxy groups -OCH3 is 1. The van der Waals surface area contributed by atoms with E-state index in [1.54, 1.807) is 55.1 Å². The van der Waals surface area contributed by atoms with E-state index >= 15 is 19.2 Å². The third-order valence-corrected chi connectivity index (χ3v) is 16.1. The standard InChI is InChI=1S/C62H63N5O11/c1-39(2)52(58(70)74-3)63-61(73)66-47-27-25-41(24-23-40-15-7-4-8-16-40)35-46(47)62(60(66)72)51(57(69)65-31-29-64(30-32-65)37-42-26-28-49-50(36-42)77-38-76-49)54-59(71)78-55(44-19-11-6-12-20-44)53(43-17-9-5-10-18-43)67(54)56(62)45-21-13-14-22-48(45)75-34-33-68/h5-6,9-15,17-22,25-28,35-36,39,51-56,68H,4,7-8,16,29-34,37-38H2,1-3H3,(H,63,73)/t51-,52-,53-,54-,55+,56+,62-/m0/s1. The molecular formula is C62H63N5O11. The van der Waals surface area contributed by atoms with E-state index in [1.165, 1.54) is 7.11 Å². The number of cyclic esters (lactones) is 1. The van der Waals surface area contributed by atoms with Crippen LogP contribution in [-0.2, 0) is 40.6 Å². The van der Waals surface area contributed by atoms with Gasteiger partial charge >= 0.3 is 18.0 Å². The fourth-order valence-electron chi connectivity index (χ4n) is 12.5. The summed E-state index contributed by atoms with van der Waals surface area (Å²) in [5, 5.41) is 13.1. The Balaban J connectivity index is 1.14. The van der Waals surface area contributed by atoms with E-state index in [0.29, 0.717) is 59.1 Å². The van der Waals surface area contributed by atoms with E-state index in [2.05, 4.69) is 28.1 Å². The van der Waals surface area contributed by atoms with Gasteiger partial charge in [0.2, 0.25) is 18.6 Å². The van der Waals surface area contributed by atoms with Crippen LogP contribution < -0.4 is 24.4 Å². The number of fused-ring (bicyclic) bond motifs is 4. The maximum atomic E-state index is 17.1. The molecule has 7 atom stereocenters. The van der Waals surface area contributed by atoms with Crippen LogP contribution in [0.4, 0.5) is 10.5 Å². The molecule has 16 nitrogen and oxygen atoms in total. The Kier molecular flexibility index (Phi) is 14.8. The van der Waals surface area contributed by atoms with Crippen molar-refractivity contribution in [3.63, 3.8) is 0 Å². The summed E-state index contributed by atoms with van der Waals surface area (Å²) in [6.07, 6.45) is 4.99. The molecule has 5 aliphatic heterocycles. The molecule has 402 valence electrons. The average Bonchev–Trinajstić information content (AvgIpc) is 4.13. The molecule has 0 aromatic heterocycles. The first-order chi connectivity index (χ1) is 38.0. The Morgan fingerprint density at radius 2 is 1.55 bits per heavy atom. The number of benzene rings is 5. The predicted molar refractivity (Wildman–Crippen MR) is 288 cm³/mol. The Hall–Kier alpha value is -7.97. The number of hydrogen-bond donors (Lipinski definition) is 2. The summed E-state index contributed by atoms with van der Waals surface area (Å²) in [6, 6.07) is 31.6. The van der Waals surface area contributed by atoms with Crippen molar-refractivity contribution >= 4 is 35.5 Å². The van der Waals surface area contributed by atoms with Crippen LogP contribution in [0.5, 0.6) is 17.2 Å². The first-order valence-electron chi connectivity index (χ1n) is 26.9. The van der Waals surface area contributed by atoms with Crippen molar-refractivity contribution in [2.75, 3.05) is 58.2 Å². The number of esters is 2. The van der Waals surface area contributed by atoms with Crippen LogP contribution in [0.3, 0.4) is 0 Å². The van der Waals surface area contributed by atoms with Gasteiger partial charge in [-0.25, -0.2) is 14.5 Å². The van der Waals surface area contributed by atoms with Gasteiger partial charge in [0.15, 0.2) is 11.5 Å². The smallest absolute Gasteiger partial charge is 0.329 e. The van der Waals surface area contributed by atoms with Gasteiger partial charge in [-0.3, -0.25) is 24.2 Å². The number of nitrogens with one attached hydrogen (secondary N) is 1. The zero-order chi connectivity index (χ0) is 54.1. The molecule has 16 heteroatoms. The number of urea groups is 1. The second-order valence-corrected chi connectivity index (χ2v) is 21.0. The van der Waals surface area contributed by atoms with Crippen LogP contribution in [0.25, 0.3) is 0 Å². The van der Waals surface area contributed by atoms with Crippen molar-refractivity contribution < 1.29 is 52.8 Å². The lowest BCUT2D eigenvalue weighted by Crippen LogP contribution is -2.59. The number of anilines is 1. The van der Waals surface area contributed by atoms with Crippen molar-refractivity contribution in [1.29, 1.82) is 0 Å². The van der Waals surface area contributed by atoms with E-state index in [4.69, 9.17) is 23.7 Å². The third-order valence-electron chi connectivity index (χ3n) is 16.1. The van der Waals surface area contributed by atoms with Gasteiger partial charge in [-0.15, -0.1) is 0 Å². The molecule has 11 rings (SSSR count). The fourth-order valence-corrected chi connectivity index (χ4v) is 12.5. The topological polar surface area (TPSA) is 177 Å². The van der Waals surface area contributed by atoms with E-state index < -0.39 is 77.3 Å². The second-order valence-electron chi connectivity index (χ2n) is 21.0. The van der Waals surface area contributed by atoms with Crippen molar-refractivity contribution in [2.45, 2.75) is 81.8 Å². The molecule has 4 amide bonds. The number of aliphatic hydroxyl groups excluding tert-OH is 1. The number of carbonyl (C=O) groups is 5. The van der Waals surface area contributed by atoms with Gasteiger partial charge in [0.25, 0.3) is 0 Å². The van der Waals surface area contributed by atoms with Gasteiger partial charge in [0, 0.05) is 43.9 Å². The predicted octanol–water partition coefficient (Wildman–Crippen LogP) is 7.56. The summed E-state index contributed by atoms with van der Waals surface area (Å²) in [6.45, 7) is 5.20. The monoisotopic (exact) mass is 1050 g/mol. The number of ether oxygens (including phenoxy) is 5. The van der Waals surface area contributed by atoms with Gasteiger partial charge in [-0.05, 0) is 95.8 Å². The number of imide groups is 1. The Morgan fingerprint density at radius 3 is 2.27 bits per heavy atom. The van der Waals surface area contributed by atoms with Crippen molar-refractivity contribution in [2.24, 2.45) is 11.8 Å². The molecule has 5 heterocycles. The first-order valence-corrected chi connectivity index (χ1v) is 26.9. The lowest BCUT2D eigenvalue weighted by molar-refractivity contribution is -0.179. The summed E-state index contributed by atoms with van der Waals surface area (Å²) in [5.74, 6) is 3.68. The van der Waals surface area contributed by atoms with E-state index in [0.717, 1.165) is 47.3 Å². The molecule has 3 fully saturated rings. The minimum absolute atomic E-state index is 0.116. The molecule has 5 aromatic rings. The van der Waals surface area contributed by atoms with Crippen molar-refractivity contribution in [3.05, 3.63) is 166 Å². The van der Waals surface area contributed by atoms with Crippen LogP contribution >= 0.6 is 0 Å². The number of para-hydroxylation sites is 1. The summed E-state index contributed by atoms with van der Waals surface area (Å²) in [5.41, 5.74) is 2.70. The quantitative estimate of drug-likeness (QED) is 0.0926. The van der Waals surface area contributed by atoms with Crippen LogP contribution in [0, 0.1) is 23.7 Å². The highest BCUT2D eigenvalue weighted by Gasteiger charge is 2.76. The van der Waals surface area contributed by atoms with Crippen molar-refractivity contribution in [1.82, 2.24) is 20.0 Å². The Bertz CT molecular complexity index is 3200. The molecule has 3 saturated heterocycles. The third kappa shape index (κ3) is 9.43. The SMILES string of the molecule is COC(=O)[C@@H](NC(=O)N1C(=O)[C@@]2(c3cc(C#CC4=CCCCC4)ccc31)[C@H](C(=O)N1CCN(Cc3ccc4c(c3)OCO4)CC1)[C@H]1C(=O)O[C@H](c3ccccc3)[C@H](c3ccccc3)N1[C@@H]2c1ccccc1OCCO)C(C)C. The molecule has 6 aliphatic rings. The molecular weight excluding hydrogens is 991 g/mol. The van der Waals surface area contributed by atoms with Crippen LogP contribution in [0.15, 0.2) is 133 Å². The summed E-state index contributed by atoms with van der Waals surface area (Å²) >= 11 is 0. The maximum Gasteiger partial charge on any atom is 0.329 e. The highest BCUT2D eigenvalue weighted by molar-refractivity contribution is 6.25. The van der Waals surface area contributed by atoms with Gasteiger partial charge in [-0.2, -0.15) is 0 Å². The number of carbonyl (C=O) groups excluding carboxylic acids is 5. The first kappa shape index (κ1) is 52.1. The molecule has 0 radical (unpaired) electrons. The molecule has 0 unspecified atom stereocenters. The highest BCUT2D eigenvalue weighted by Crippen LogP contribution is 2.67. The minimum atomic E-state index is -2.12. The van der Waals surface area contributed by atoms with E-state index in [9.17, 15) is 9.90 Å². The lowest BCUT2D eigenvalue weighted by atomic mass is 9.64. The minimum Gasteiger partial charge on any atom is -0.491 e. The Labute approximate surface area is 453 Å². The molecule has 0 bridgehead atoms. The average molecular weight is 1050 g/mol. The zero-order valence-corrected chi connectivity index (χ0v) is 44.0. The molecule has 1 aliphatic carbocycles. The number of morpholine rings is 1. The summed E-state index contributed by atoms with van der Waals surface area (Å²) < 4.78 is 29.5. The molecule has 1 spiro atoms. The number of allylic oxidation sites excluding steroid dienone is 2. The Morgan fingerprint density at radius 1 is 0.821 bits per heavy atom. The van der Waals surface area contributed by atoms with Crippen LogP contribution in [0.1, 0.15) is 91.1 Å². The van der Waals surface area contributed by atoms with Gasteiger partial charge in [-0.1, -0.05) is 117 Å². The van der Waals surface area contributed by atoms with Crippen LogP contribution in [0.2, 0.25) is 0 Å². The zero-order valence-electron chi connectivity index (χ0n) is 44.0. The number of amides is 4. The molecule has 2 N–H and O–H groups in total. The van der Waals surface area contributed by atoms with Crippen LogP contribution in [-0.4, -0.2) is 115 Å². The van der Waals surface area contributed by atoms with Crippen molar-refractivity contribution in [3.8, 4) is 29.1 Å². The molecule has 78 heavy (non-hydrogen) atoms. The lowest BCUT2D eigenvalue weighted by Gasteiger charge is -2.46. The summed E-state index contributed by atoms with van der Waals surface area (Å²) in [4.78, 5) is 85.3. The number of aliphatic hydroxyl groups is 1. The second kappa shape index (κ2) is 22.2. The van der Waals surface area contributed by atoms with Gasteiger partial charge in [0.05, 0.1) is 37.4 Å². The number of rotatable bonds is 12. The number of nitrogens with zero attached hydrogens (tertiary/aromatic N) is 4. The fraction of sp³-hybridized carbons (Fsp3) is 0.371. The number of piperazine rings is 1. The molecule has 0 saturated carbocycles. The maximum absolute atomic E-state index is 17.1. The largest absolute Gasteiger partial charge is 0.491 e. The highest BCUT2D eigenvalue weighted by atomic mass is 16.7. The number of hydrogen-bond acceptors (Lipinski definition) is 13. The van der Waals surface area contributed by atoms with Gasteiger partial charge in [0.1, 0.15) is 36.0 Å². The van der Waals surface area contributed by atoms with Gasteiger partial charge < -0.3 is 39.0 Å². The molecule has 5 aromatic carbocycles. The normalized spacial score (nSPS) is 23.9. The van der Waals surface area contributed by atoms with E-state index in [-0.39, 0.29) is 38.8 Å².